The molecule has 3 heterocycles. The van der Waals surface area contributed by atoms with Crippen molar-refractivity contribution in [3.05, 3.63) is 139 Å². The highest BCUT2D eigenvalue weighted by molar-refractivity contribution is 7.99. The largest absolute Gasteiger partial charge is 0.436 e. The van der Waals surface area contributed by atoms with E-state index >= 15 is 0 Å². The van der Waals surface area contributed by atoms with Gasteiger partial charge in [0.2, 0.25) is 11.8 Å². The molecule has 0 N–H and O–H groups in total. The number of benzene rings is 6. The highest BCUT2D eigenvalue weighted by atomic mass is 32.2. The maximum absolute atomic E-state index is 6.20. The monoisotopic (exact) mass is 625 g/mol. The lowest BCUT2D eigenvalue weighted by Gasteiger charge is -2.36. The first kappa shape index (κ1) is 26.6. The maximum atomic E-state index is 6.20. The quantitative estimate of drug-likeness (QED) is 0.195. The average Bonchev–Trinajstić information content (AvgIpc) is 3.80. The summed E-state index contributed by atoms with van der Waals surface area (Å²) in [5.41, 5.74) is 13.7. The van der Waals surface area contributed by atoms with E-state index in [2.05, 4.69) is 97.6 Å². The minimum absolute atomic E-state index is 0.177. The zero-order chi connectivity index (χ0) is 31.3. The smallest absolute Gasteiger partial charge is 0.227 e. The summed E-state index contributed by atoms with van der Waals surface area (Å²) in [5.74, 6) is 1.23. The fourth-order valence-corrected chi connectivity index (χ4v) is 8.47. The van der Waals surface area contributed by atoms with Crippen LogP contribution in [0.2, 0.25) is 0 Å². The summed E-state index contributed by atoms with van der Waals surface area (Å²) in [6.45, 7) is 4.68. The Morgan fingerprint density at radius 2 is 1.11 bits per heavy atom. The van der Waals surface area contributed by atoms with Crippen LogP contribution in [0.15, 0.2) is 146 Å². The highest BCUT2D eigenvalue weighted by Crippen LogP contribution is 2.58. The van der Waals surface area contributed by atoms with E-state index in [1.54, 1.807) is 11.8 Å². The first-order valence-corrected chi connectivity index (χ1v) is 16.6. The lowest BCUT2D eigenvalue weighted by Crippen LogP contribution is -2.22. The van der Waals surface area contributed by atoms with Gasteiger partial charge in [0.1, 0.15) is 11.0 Å². The molecule has 0 atom stereocenters. The van der Waals surface area contributed by atoms with Gasteiger partial charge in [-0.15, -0.1) is 0 Å². The van der Waals surface area contributed by atoms with Crippen LogP contribution in [0.3, 0.4) is 0 Å². The number of para-hydroxylation sites is 4. The molecule has 224 valence electrons. The van der Waals surface area contributed by atoms with E-state index < -0.39 is 0 Å². The van der Waals surface area contributed by atoms with Crippen LogP contribution in [-0.4, -0.2) is 9.97 Å². The molecule has 10 rings (SSSR count). The van der Waals surface area contributed by atoms with E-state index in [-0.39, 0.29) is 5.41 Å². The van der Waals surface area contributed by atoms with Crippen molar-refractivity contribution in [1.29, 1.82) is 0 Å². The van der Waals surface area contributed by atoms with Crippen molar-refractivity contribution in [2.75, 3.05) is 4.90 Å². The summed E-state index contributed by atoms with van der Waals surface area (Å²) in [7, 11) is 0. The van der Waals surface area contributed by atoms with Crippen molar-refractivity contribution in [1.82, 2.24) is 9.97 Å². The summed E-state index contributed by atoms with van der Waals surface area (Å²) < 4.78 is 12.4. The van der Waals surface area contributed by atoms with Crippen molar-refractivity contribution < 1.29 is 8.83 Å². The Kier molecular flexibility index (Phi) is 5.50. The lowest BCUT2D eigenvalue weighted by molar-refractivity contribution is 0.619. The first-order valence-electron chi connectivity index (χ1n) is 15.7. The molecule has 0 amide bonds. The minimum Gasteiger partial charge on any atom is -0.436 e. The second-order valence-electron chi connectivity index (χ2n) is 12.6. The number of hydrogen-bond donors (Lipinski definition) is 0. The zero-order valence-corrected chi connectivity index (χ0v) is 26.5. The molecule has 1 aliphatic heterocycles. The molecule has 47 heavy (non-hydrogen) atoms. The van der Waals surface area contributed by atoms with Crippen LogP contribution >= 0.6 is 11.8 Å². The Balaban J connectivity index is 1.18. The van der Waals surface area contributed by atoms with Gasteiger partial charge in [0.25, 0.3) is 0 Å². The van der Waals surface area contributed by atoms with Gasteiger partial charge in [-0.25, -0.2) is 9.97 Å². The fraction of sp³-hybridized carbons (Fsp3) is 0.0732. The Bertz CT molecular complexity index is 2370. The van der Waals surface area contributed by atoms with Crippen LogP contribution in [-0.2, 0) is 5.41 Å². The number of hydrogen-bond acceptors (Lipinski definition) is 6. The molecule has 8 aromatic rings. The number of fused-ring (bicyclic) bond motifs is 7. The molecule has 0 fully saturated rings. The van der Waals surface area contributed by atoms with Crippen LogP contribution in [0.4, 0.5) is 17.1 Å². The molecule has 5 nitrogen and oxygen atoms in total. The predicted molar refractivity (Wildman–Crippen MR) is 189 cm³/mol. The molecule has 0 spiro atoms. The predicted octanol–water partition coefficient (Wildman–Crippen LogP) is 11.5. The number of anilines is 3. The standard InChI is InChI=1S/C41H27N3O2S/c1-41(2)28-12-4-3-10-26(28)27-11-9-15-33(38(27)41)44-31-20-18-24(39-42-29-13-5-7-16-34(29)45-39)22-36(31)47-37-23-25(19-21-32(37)44)40-43-30-14-6-8-17-35(30)46-40/h3-23H,1-2H3. The summed E-state index contributed by atoms with van der Waals surface area (Å²) in [6.07, 6.45) is 0. The number of nitrogens with zero attached hydrogens (tertiary/aromatic N) is 3. The molecule has 2 aliphatic rings. The zero-order valence-electron chi connectivity index (χ0n) is 25.7. The maximum Gasteiger partial charge on any atom is 0.227 e. The number of oxazole rings is 2. The molecule has 0 radical (unpaired) electrons. The van der Waals surface area contributed by atoms with Gasteiger partial charge in [0.05, 0.1) is 17.1 Å². The average molecular weight is 626 g/mol. The van der Waals surface area contributed by atoms with Crippen molar-refractivity contribution in [3.8, 4) is 34.0 Å². The van der Waals surface area contributed by atoms with Crippen molar-refractivity contribution in [2.24, 2.45) is 0 Å². The van der Waals surface area contributed by atoms with Crippen molar-refractivity contribution >= 4 is 51.0 Å². The molecule has 0 bridgehead atoms. The van der Waals surface area contributed by atoms with Gasteiger partial charge in [-0.3, -0.25) is 0 Å². The topological polar surface area (TPSA) is 55.3 Å². The molecular weight excluding hydrogens is 599 g/mol. The lowest BCUT2D eigenvalue weighted by atomic mass is 9.81. The Morgan fingerprint density at radius 3 is 1.72 bits per heavy atom. The minimum atomic E-state index is -0.177. The van der Waals surface area contributed by atoms with E-state index in [1.807, 2.05) is 48.5 Å². The molecule has 2 aromatic heterocycles. The Labute approximate surface area is 275 Å². The van der Waals surface area contributed by atoms with E-state index in [9.17, 15) is 0 Å². The van der Waals surface area contributed by atoms with Gasteiger partial charge < -0.3 is 13.7 Å². The van der Waals surface area contributed by atoms with Crippen LogP contribution in [0.5, 0.6) is 0 Å². The third-order valence-electron chi connectivity index (χ3n) is 9.50. The molecule has 0 saturated carbocycles. The van der Waals surface area contributed by atoms with E-state index in [0.29, 0.717) is 11.8 Å². The molecule has 6 heteroatoms. The SMILES string of the molecule is CC1(C)c2ccccc2-c2cccc(N3c4ccc(-c5nc6ccccc6o5)cc4Sc4cc(-c5nc6ccccc6o5)ccc43)c21. The summed E-state index contributed by atoms with van der Waals surface area (Å²) in [4.78, 5) is 14.3. The van der Waals surface area contributed by atoms with Crippen LogP contribution in [0.25, 0.3) is 56.2 Å². The Hall–Kier alpha value is -5.59. The van der Waals surface area contributed by atoms with Crippen LogP contribution in [0, 0.1) is 0 Å². The third kappa shape index (κ3) is 3.91. The third-order valence-corrected chi connectivity index (χ3v) is 10.6. The van der Waals surface area contributed by atoms with Gasteiger partial charge >= 0.3 is 0 Å². The van der Waals surface area contributed by atoms with Crippen molar-refractivity contribution in [3.63, 3.8) is 0 Å². The van der Waals surface area contributed by atoms with Gasteiger partial charge in [0, 0.05) is 26.3 Å². The summed E-state index contributed by atoms with van der Waals surface area (Å²) in [5, 5.41) is 0. The highest BCUT2D eigenvalue weighted by Gasteiger charge is 2.40. The van der Waals surface area contributed by atoms with E-state index in [1.165, 1.54) is 27.9 Å². The van der Waals surface area contributed by atoms with E-state index in [4.69, 9.17) is 18.8 Å². The van der Waals surface area contributed by atoms with Gasteiger partial charge in [-0.1, -0.05) is 86.3 Å². The summed E-state index contributed by atoms with van der Waals surface area (Å²) >= 11 is 1.75. The molecule has 0 saturated heterocycles. The van der Waals surface area contributed by atoms with Gasteiger partial charge in [0.15, 0.2) is 11.2 Å². The number of rotatable bonds is 3. The number of aromatic nitrogens is 2. The fourth-order valence-electron chi connectivity index (χ4n) is 7.33. The second kappa shape index (κ2) is 9.71. The van der Waals surface area contributed by atoms with Gasteiger partial charge in [-0.2, -0.15) is 0 Å². The molecule has 0 unspecified atom stereocenters. The second-order valence-corrected chi connectivity index (χ2v) is 13.7. The first-order chi connectivity index (χ1) is 23.0. The van der Waals surface area contributed by atoms with E-state index in [0.717, 1.165) is 54.5 Å². The van der Waals surface area contributed by atoms with Crippen LogP contribution in [0.1, 0.15) is 25.0 Å². The molecule has 1 aliphatic carbocycles. The molecule has 6 aromatic carbocycles. The van der Waals surface area contributed by atoms with Crippen molar-refractivity contribution in [2.45, 2.75) is 29.1 Å². The normalized spacial score (nSPS) is 14.2. The van der Waals surface area contributed by atoms with Gasteiger partial charge in [-0.05, 0) is 89.0 Å². The Morgan fingerprint density at radius 1 is 0.553 bits per heavy atom. The molecular formula is C41H27N3O2S. The van der Waals surface area contributed by atoms with Crippen LogP contribution < -0.4 is 4.90 Å². The summed E-state index contributed by atoms with van der Waals surface area (Å²) in [6, 6.07) is 44.4.